The van der Waals surface area contributed by atoms with Crippen molar-refractivity contribution >= 4 is 5.97 Å². The van der Waals surface area contributed by atoms with Gasteiger partial charge in [-0.2, -0.15) is 31.4 Å². The lowest BCUT2D eigenvalue weighted by atomic mass is 10.2. The molecule has 1 rings (SSSR count). The molecule has 0 atom stereocenters. The van der Waals surface area contributed by atoms with E-state index in [1.165, 1.54) is 0 Å². The Labute approximate surface area is 95.8 Å². The van der Waals surface area contributed by atoms with Crippen molar-refractivity contribution in [3.63, 3.8) is 0 Å². The van der Waals surface area contributed by atoms with Crippen LogP contribution in [0.3, 0.4) is 0 Å². The molecule has 18 heavy (non-hydrogen) atoms. The van der Waals surface area contributed by atoms with Gasteiger partial charge in [-0.25, -0.2) is 9.48 Å². The maximum absolute atomic E-state index is 12.4. The van der Waals surface area contributed by atoms with Crippen LogP contribution in [0.4, 0.5) is 26.3 Å². The summed E-state index contributed by atoms with van der Waals surface area (Å²) < 4.78 is 73.8. The number of nitrogens with zero attached hydrogens (tertiary/aromatic N) is 2. The van der Waals surface area contributed by atoms with Gasteiger partial charge in [0.1, 0.15) is 5.56 Å². The third-order valence-corrected chi connectivity index (χ3v) is 2.14. The zero-order chi connectivity index (χ0) is 14.3. The Bertz CT molecular complexity index is 447. The highest BCUT2D eigenvalue weighted by molar-refractivity contribution is 5.88. The fourth-order valence-corrected chi connectivity index (χ4v) is 1.36. The molecule has 102 valence electrons. The van der Waals surface area contributed by atoms with E-state index in [1.807, 2.05) is 0 Å². The largest absolute Gasteiger partial charge is 0.478 e. The SMILES string of the molecule is Cc1c(C(=O)O)cnn1C(C(F)(F)F)C(F)(F)F. The molecular weight excluding hydrogens is 270 g/mol. The summed E-state index contributed by atoms with van der Waals surface area (Å²) in [4.78, 5) is 10.5. The third-order valence-electron chi connectivity index (χ3n) is 2.14. The molecule has 0 aliphatic carbocycles. The third kappa shape index (κ3) is 2.57. The number of hydrogen-bond donors (Lipinski definition) is 1. The maximum atomic E-state index is 12.4. The smallest absolute Gasteiger partial charge is 0.419 e. The molecule has 1 heterocycles. The molecule has 0 fully saturated rings. The molecule has 0 radical (unpaired) electrons. The minimum atomic E-state index is -5.62. The van der Waals surface area contributed by atoms with E-state index in [-0.39, 0.29) is 4.68 Å². The van der Waals surface area contributed by atoms with E-state index in [2.05, 4.69) is 5.10 Å². The Balaban J connectivity index is 3.37. The molecule has 1 aromatic rings. The lowest BCUT2D eigenvalue weighted by Gasteiger charge is -2.24. The van der Waals surface area contributed by atoms with Crippen molar-refractivity contribution in [1.82, 2.24) is 9.78 Å². The summed E-state index contributed by atoms with van der Waals surface area (Å²) in [5, 5.41) is 11.4. The Morgan fingerprint density at radius 2 is 1.72 bits per heavy atom. The summed E-state index contributed by atoms with van der Waals surface area (Å²) in [5.41, 5.74) is -1.43. The second kappa shape index (κ2) is 4.18. The molecule has 0 amide bonds. The van der Waals surface area contributed by atoms with Gasteiger partial charge in [-0.15, -0.1) is 0 Å². The summed E-state index contributed by atoms with van der Waals surface area (Å²) in [7, 11) is 0. The molecule has 0 aromatic carbocycles. The van der Waals surface area contributed by atoms with Crippen LogP contribution >= 0.6 is 0 Å². The van der Waals surface area contributed by atoms with Crippen molar-refractivity contribution in [2.75, 3.05) is 0 Å². The van der Waals surface area contributed by atoms with Gasteiger partial charge in [0, 0.05) is 0 Å². The van der Waals surface area contributed by atoms with Crippen molar-refractivity contribution in [1.29, 1.82) is 0 Å². The van der Waals surface area contributed by atoms with Crippen molar-refractivity contribution in [2.45, 2.75) is 25.3 Å². The fourth-order valence-electron chi connectivity index (χ4n) is 1.36. The highest BCUT2D eigenvalue weighted by atomic mass is 19.4. The molecule has 1 aromatic heterocycles. The number of aromatic nitrogens is 2. The van der Waals surface area contributed by atoms with Gasteiger partial charge in [-0.3, -0.25) is 0 Å². The van der Waals surface area contributed by atoms with Gasteiger partial charge >= 0.3 is 18.3 Å². The molecule has 0 aliphatic rings. The van der Waals surface area contributed by atoms with E-state index in [9.17, 15) is 31.1 Å². The average molecular weight is 276 g/mol. The number of carboxylic acids is 1. The molecule has 10 heteroatoms. The van der Waals surface area contributed by atoms with Crippen LogP contribution in [-0.4, -0.2) is 33.2 Å². The van der Waals surface area contributed by atoms with E-state index in [0.717, 1.165) is 6.92 Å². The number of aromatic carboxylic acids is 1. The zero-order valence-corrected chi connectivity index (χ0v) is 8.67. The van der Waals surface area contributed by atoms with Gasteiger partial charge in [-0.1, -0.05) is 0 Å². The fraction of sp³-hybridized carbons (Fsp3) is 0.500. The van der Waals surface area contributed by atoms with Gasteiger partial charge in [0.25, 0.3) is 0 Å². The summed E-state index contributed by atoms with van der Waals surface area (Å²) in [6, 6.07) is -3.86. The Kier molecular flexibility index (Phi) is 3.32. The van der Waals surface area contributed by atoms with E-state index in [4.69, 9.17) is 5.11 Å². The first kappa shape index (κ1) is 14.3. The lowest BCUT2D eigenvalue weighted by molar-refractivity contribution is -0.277. The normalized spacial score (nSPS) is 13.1. The summed E-state index contributed by atoms with van der Waals surface area (Å²) in [5.74, 6) is -1.65. The van der Waals surface area contributed by atoms with E-state index in [0.29, 0.717) is 6.20 Å². The monoisotopic (exact) mass is 276 g/mol. The summed E-state index contributed by atoms with van der Waals surface area (Å²) in [6.07, 6.45) is -10.8. The van der Waals surface area contributed by atoms with Gasteiger partial charge in [0.15, 0.2) is 0 Å². The first-order valence-corrected chi connectivity index (χ1v) is 4.37. The molecule has 0 bridgehead atoms. The van der Waals surface area contributed by atoms with Gasteiger partial charge in [0.2, 0.25) is 6.04 Å². The summed E-state index contributed by atoms with van der Waals surface area (Å²) >= 11 is 0. The first-order chi connectivity index (χ1) is 7.96. The Hall–Kier alpha value is -1.74. The highest BCUT2D eigenvalue weighted by Crippen LogP contribution is 2.43. The predicted octanol–water partition coefficient (Wildman–Crippen LogP) is 2.56. The van der Waals surface area contributed by atoms with E-state index >= 15 is 0 Å². The molecule has 4 nitrogen and oxygen atoms in total. The molecule has 1 N–H and O–H groups in total. The number of alkyl halides is 6. The zero-order valence-electron chi connectivity index (χ0n) is 8.67. The number of rotatable bonds is 2. The minimum Gasteiger partial charge on any atom is -0.478 e. The number of carboxylic acid groups (broad SMARTS) is 1. The van der Waals surface area contributed by atoms with Gasteiger partial charge in [-0.05, 0) is 6.92 Å². The number of hydrogen-bond acceptors (Lipinski definition) is 2. The second-order valence-corrected chi connectivity index (χ2v) is 3.38. The molecular formula is C8H6F6N2O2. The van der Waals surface area contributed by atoms with Crippen molar-refractivity contribution in [3.05, 3.63) is 17.5 Å². The predicted molar refractivity (Wildman–Crippen MR) is 45.1 cm³/mol. The molecule has 0 saturated carbocycles. The van der Waals surface area contributed by atoms with Crippen LogP contribution in [0, 0.1) is 6.92 Å². The number of carbonyl (C=O) groups is 1. The number of halogens is 6. The van der Waals surface area contributed by atoms with Gasteiger partial charge in [0.05, 0.1) is 11.9 Å². The van der Waals surface area contributed by atoms with E-state index in [1.54, 1.807) is 0 Å². The first-order valence-electron chi connectivity index (χ1n) is 4.37. The van der Waals surface area contributed by atoms with Crippen molar-refractivity contribution < 1.29 is 36.2 Å². The maximum Gasteiger partial charge on any atom is 0.419 e. The van der Waals surface area contributed by atoms with Crippen LogP contribution in [0.2, 0.25) is 0 Å². The Morgan fingerprint density at radius 1 is 1.28 bits per heavy atom. The van der Waals surface area contributed by atoms with Crippen LogP contribution < -0.4 is 0 Å². The van der Waals surface area contributed by atoms with Crippen LogP contribution in [0.25, 0.3) is 0 Å². The van der Waals surface area contributed by atoms with Crippen molar-refractivity contribution in [3.8, 4) is 0 Å². The summed E-state index contributed by atoms with van der Waals surface area (Å²) in [6.45, 7) is 0.820. The lowest BCUT2D eigenvalue weighted by Crippen LogP contribution is -2.39. The van der Waals surface area contributed by atoms with Crippen LogP contribution in [0.1, 0.15) is 22.1 Å². The highest BCUT2D eigenvalue weighted by Gasteiger charge is 2.59. The second-order valence-electron chi connectivity index (χ2n) is 3.38. The van der Waals surface area contributed by atoms with Crippen LogP contribution in [-0.2, 0) is 0 Å². The molecule has 0 saturated heterocycles. The quantitative estimate of drug-likeness (QED) is 0.844. The van der Waals surface area contributed by atoms with Crippen LogP contribution in [0.5, 0.6) is 0 Å². The molecule has 0 unspecified atom stereocenters. The Morgan fingerprint density at radius 3 is 2.00 bits per heavy atom. The molecule has 0 aliphatic heterocycles. The van der Waals surface area contributed by atoms with Crippen LogP contribution in [0.15, 0.2) is 6.20 Å². The van der Waals surface area contributed by atoms with Gasteiger partial charge < -0.3 is 5.11 Å². The standard InChI is InChI=1S/C8H6F6N2O2/c1-3-4(5(17)18)2-15-16(3)6(7(9,10)11)8(12,13)14/h2,6H,1H3,(H,17,18). The molecule has 0 spiro atoms. The van der Waals surface area contributed by atoms with E-state index < -0.39 is 35.6 Å². The average Bonchev–Trinajstić information content (AvgIpc) is 2.43. The topological polar surface area (TPSA) is 55.1 Å². The minimum absolute atomic E-state index is 0.385. The van der Waals surface area contributed by atoms with Crippen molar-refractivity contribution in [2.24, 2.45) is 0 Å².